The number of hydrogen-bond donors (Lipinski definition) is 2. The van der Waals surface area contributed by atoms with E-state index in [2.05, 4.69) is 0 Å². The van der Waals surface area contributed by atoms with Gasteiger partial charge in [0.2, 0.25) is 0 Å². The maximum absolute atomic E-state index is 12.3. The predicted octanol–water partition coefficient (Wildman–Crippen LogP) is 1.72. The van der Waals surface area contributed by atoms with Crippen LogP contribution in [0.3, 0.4) is 0 Å². The molecule has 0 bridgehead atoms. The molecule has 0 atom stereocenters. The lowest BCUT2D eigenvalue weighted by Gasteiger charge is -2.08. The molecule has 0 aromatic heterocycles. The summed E-state index contributed by atoms with van der Waals surface area (Å²) < 4.78 is 36.9. The fraction of sp³-hybridized carbons (Fsp3) is 0.211. The zero-order valence-electron chi connectivity index (χ0n) is 15.1. The summed E-state index contributed by atoms with van der Waals surface area (Å²) in [5.41, 5.74) is 7.05. The molecule has 3 N–H and O–H groups in total. The molecule has 0 unspecified atom stereocenters. The van der Waals surface area contributed by atoms with Crippen LogP contribution in [0.2, 0.25) is 0 Å². The van der Waals surface area contributed by atoms with Crippen molar-refractivity contribution in [2.45, 2.75) is 11.3 Å². The topological polar surface area (TPSA) is 108 Å². The highest BCUT2D eigenvalue weighted by atomic mass is 32.2. The van der Waals surface area contributed by atoms with Crippen molar-refractivity contribution in [3.05, 3.63) is 59.7 Å². The molecule has 8 heteroatoms. The Labute approximate surface area is 158 Å². The third-order valence-electron chi connectivity index (χ3n) is 3.74. The molecule has 0 aliphatic heterocycles. The van der Waals surface area contributed by atoms with Crippen molar-refractivity contribution in [2.75, 3.05) is 20.8 Å². The van der Waals surface area contributed by atoms with E-state index in [1.807, 2.05) is 4.72 Å². The number of amides is 1. The molecule has 2 aromatic rings. The van der Waals surface area contributed by atoms with Gasteiger partial charge in [0, 0.05) is 6.08 Å². The van der Waals surface area contributed by atoms with E-state index < -0.39 is 15.9 Å². The second kappa shape index (κ2) is 9.20. The zero-order valence-corrected chi connectivity index (χ0v) is 16.0. The molecule has 0 aliphatic carbocycles. The number of benzene rings is 2. The fourth-order valence-electron chi connectivity index (χ4n) is 2.36. The van der Waals surface area contributed by atoms with Crippen molar-refractivity contribution in [3.63, 3.8) is 0 Å². The highest BCUT2D eigenvalue weighted by molar-refractivity contribution is 7.90. The number of nitrogens with two attached hydrogens (primary N) is 1. The SMILES string of the molecule is COc1ccc(/C=C/C(=O)NS(=O)(=O)c2ccc(CCN)cc2)cc1OC. The number of rotatable bonds is 8. The molecular formula is C19H22N2O5S. The van der Waals surface area contributed by atoms with Crippen molar-refractivity contribution in [1.29, 1.82) is 0 Å². The zero-order chi connectivity index (χ0) is 19.9. The van der Waals surface area contributed by atoms with Gasteiger partial charge in [-0.3, -0.25) is 4.79 Å². The van der Waals surface area contributed by atoms with E-state index in [0.717, 1.165) is 11.6 Å². The van der Waals surface area contributed by atoms with Gasteiger partial charge in [-0.25, -0.2) is 13.1 Å². The third-order valence-corrected chi connectivity index (χ3v) is 5.10. The van der Waals surface area contributed by atoms with Crippen LogP contribution in [0.1, 0.15) is 11.1 Å². The van der Waals surface area contributed by atoms with Gasteiger partial charge in [-0.1, -0.05) is 18.2 Å². The lowest BCUT2D eigenvalue weighted by atomic mass is 10.2. The van der Waals surface area contributed by atoms with E-state index in [1.165, 1.54) is 32.4 Å². The molecule has 0 spiro atoms. The van der Waals surface area contributed by atoms with E-state index >= 15 is 0 Å². The number of hydrogen-bond acceptors (Lipinski definition) is 6. The Morgan fingerprint density at radius 1 is 1.07 bits per heavy atom. The van der Waals surface area contributed by atoms with Crippen LogP contribution in [0.5, 0.6) is 11.5 Å². The van der Waals surface area contributed by atoms with Crippen LogP contribution in [0.15, 0.2) is 53.4 Å². The second-order valence-electron chi connectivity index (χ2n) is 5.60. The predicted molar refractivity (Wildman–Crippen MR) is 103 cm³/mol. The number of sulfonamides is 1. The van der Waals surface area contributed by atoms with Gasteiger partial charge in [0.15, 0.2) is 11.5 Å². The molecule has 0 fully saturated rings. The Hall–Kier alpha value is -2.84. The Balaban J connectivity index is 2.08. The molecule has 27 heavy (non-hydrogen) atoms. The van der Waals surface area contributed by atoms with Gasteiger partial charge in [0.25, 0.3) is 15.9 Å². The Morgan fingerprint density at radius 3 is 2.33 bits per heavy atom. The van der Waals surface area contributed by atoms with E-state index in [9.17, 15) is 13.2 Å². The molecule has 0 heterocycles. The number of carbonyl (C=O) groups excluding carboxylic acids is 1. The van der Waals surface area contributed by atoms with Gasteiger partial charge in [-0.15, -0.1) is 0 Å². The van der Waals surface area contributed by atoms with Crippen LogP contribution in [0, 0.1) is 0 Å². The summed E-state index contributed by atoms with van der Waals surface area (Å²) in [6.45, 7) is 0.476. The Kier molecular flexibility index (Phi) is 6.98. The van der Waals surface area contributed by atoms with Crippen molar-refractivity contribution < 1.29 is 22.7 Å². The molecule has 0 saturated carbocycles. The summed E-state index contributed by atoms with van der Waals surface area (Å²) in [5, 5.41) is 0. The first-order chi connectivity index (χ1) is 12.9. The van der Waals surface area contributed by atoms with Crippen LogP contribution in [0.4, 0.5) is 0 Å². The minimum atomic E-state index is -3.95. The van der Waals surface area contributed by atoms with Gasteiger partial charge in [0.05, 0.1) is 19.1 Å². The number of carbonyl (C=O) groups is 1. The van der Waals surface area contributed by atoms with Gasteiger partial charge in [-0.05, 0) is 54.4 Å². The normalized spacial score (nSPS) is 11.4. The average Bonchev–Trinajstić information content (AvgIpc) is 2.66. The number of ether oxygens (including phenoxy) is 2. The average molecular weight is 390 g/mol. The molecule has 1 amide bonds. The highest BCUT2D eigenvalue weighted by Gasteiger charge is 2.16. The van der Waals surface area contributed by atoms with Crippen molar-refractivity contribution in [1.82, 2.24) is 4.72 Å². The number of nitrogens with one attached hydrogen (secondary N) is 1. The summed E-state index contributed by atoms with van der Waals surface area (Å²) >= 11 is 0. The molecular weight excluding hydrogens is 368 g/mol. The van der Waals surface area contributed by atoms with Crippen LogP contribution in [-0.4, -0.2) is 35.1 Å². The van der Waals surface area contributed by atoms with Crippen molar-refractivity contribution in [2.24, 2.45) is 5.73 Å². The summed E-state index contributed by atoms with van der Waals surface area (Å²) in [6, 6.07) is 11.3. The maximum atomic E-state index is 12.3. The molecule has 0 saturated heterocycles. The molecule has 7 nitrogen and oxygen atoms in total. The first-order valence-corrected chi connectivity index (χ1v) is 9.64. The number of methoxy groups -OCH3 is 2. The molecule has 0 radical (unpaired) electrons. The van der Waals surface area contributed by atoms with E-state index in [-0.39, 0.29) is 4.90 Å². The molecule has 144 valence electrons. The van der Waals surface area contributed by atoms with Crippen LogP contribution < -0.4 is 19.9 Å². The van der Waals surface area contributed by atoms with Crippen molar-refractivity contribution in [3.8, 4) is 11.5 Å². The van der Waals surface area contributed by atoms with Crippen LogP contribution in [-0.2, 0) is 21.2 Å². The lowest BCUT2D eigenvalue weighted by molar-refractivity contribution is -0.114. The van der Waals surface area contributed by atoms with Gasteiger partial charge >= 0.3 is 0 Å². The Bertz CT molecular complexity index is 922. The first kappa shape index (κ1) is 20.5. The van der Waals surface area contributed by atoms with Gasteiger partial charge in [0.1, 0.15) is 0 Å². The van der Waals surface area contributed by atoms with Crippen molar-refractivity contribution >= 4 is 22.0 Å². The van der Waals surface area contributed by atoms with Crippen LogP contribution >= 0.6 is 0 Å². The minimum Gasteiger partial charge on any atom is -0.493 e. The van der Waals surface area contributed by atoms with Crippen LogP contribution in [0.25, 0.3) is 6.08 Å². The Morgan fingerprint density at radius 2 is 1.74 bits per heavy atom. The monoisotopic (exact) mass is 390 g/mol. The smallest absolute Gasteiger partial charge is 0.264 e. The molecule has 2 aromatic carbocycles. The summed E-state index contributed by atoms with van der Waals surface area (Å²) in [7, 11) is -0.920. The van der Waals surface area contributed by atoms with E-state index in [1.54, 1.807) is 30.3 Å². The second-order valence-corrected chi connectivity index (χ2v) is 7.28. The first-order valence-electron chi connectivity index (χ1n) is 8.15. The summed E-state index contributed by atoms with van der Waals surface area (Å²) in [5.74, 6) is 0.306. The fourth-order valence-corrected chi connectivity index (χ4v) is 3.30. The summed E-state index contributed by atoms with van der Waals surface area (Å²) in [6.07, 6.45) is 3.28. The third kappa shape index (κ3) is 5.57. The highest BCUT2D eigenvalue weighted by Crippen LogP contribution is 2.27. The van der Waals surface area contributed by atoms with Gasteiger partial charge < -0.3 is 15.2 Å². The lowest BCUT2D eigenvalue weighted by Crippen LogP contribution is -2.28. The largest absolute Gasteiger partial charge is 0.493 e. The van der Waals surface area contributed by atoms with Gasteiger partial charge in [-0.2, -0.15) is 0 Å². The summed E-state index contributed by atoms with van der Waals surface area (Å²) in [4.78, 5) is 12.0. The minimum absolute atomic E-state index is 0.0103. The molecule has 2 rings (SSSR count). The standard InChI is InChI=1S/C19H22N2O5S/c1-25-17-9-5-15(13-18(17)26-2)6-10-19(22)21-27(23,24)16-7-3-14(4-8-16)11-12-20/h3-10,13H,11-12,20H2,1-2H3,(H,21,22)/b10-6+. The van der Waals surface area contributed by atoms with E-state index in [4.69, 9.17) is 15.2 Å². The maximum Gasteiger partial charge on any atom is 0.264 e. The molecule has 0 aliphatic rings. The van der Waals surface area contributed by atoms with E-state index in [0.29, 0.717) is 30.0 Å². The quantitative estimate of drug-likeness (QED) is 0.665.